The van der Waals surface area contributed by atoms with Crippen molar-refractivity contribution in [1.82, 2.24) is 5.32 Å². The Labute approximate surface area is 177 Å². The molecule has 3 aromatic carbocycles. The number of hydrogen-bond acceptors (Lipinski definition) is 4. The molecule has 3 rings (SSSR count). The van der Waals surface area contributed by atoms with Crippen molar-refractivity contribution in [3.63, 3.8) is 0 Å². The fourth-order valence-electron chi connectivity index (χ4n) is 2.84. The van der Waals surface area contributed by atoms with Gasteiger partial charge in [-0.05, 0) is 37.1 Å². The minimum absolute atomic E-state index is 0.177. The highest BCUT2D eigenvalue weighted by Crippen LogP contribution is 2.33. The van der Waals surface area contributed by atoms with Gasteiger partial charge in [-0.3, -0.25) is 4.79 Å². The van der Waals surface area contributed by atoms with Gasteiger partial charge in [-0.1, -0.05) is 66.7 Å². The average Bonchev–Trinajstić information content (AvgIpc) is 2.77. The minimum atomic E-state index is -0.755. The van der Waals surface area contributed by atoms with Crippen molar-refractivity contribution in [2.45, 2.75) is 32.6 Å². The Morgan fingerprint density at radius 3 is 1.97 bits per heavy atom. The number of para-hydroxylation sites is 1. The van der Waals surface area contributed by atoms with Crippen LogP contribution >= 0.6 is 0 Å². The smallest absolute Gasteiger partial charge is 0.255 e. The van der Waals surface area contributed by atoms with Gasteiger partial charge in [-0.25, -0.2) is 0 Å². The zero-order valence-electron chi connectivity index (χ0n) is 17.3. The van der Waals surface area contributed by atoms with Crippen LogP contribution in [0.2, 0.25) is 0 Å². The minimum Gasteiger partial charge on any atom is -0.485 e. The molecule has 2 N–H and O–H groups in total. The Kier molecular flexibility index (Phi) is 7.09. The van der Waals surface area contributed by atoms with E-state index in [-0.39, 0.29) is 12.5 Å². The van der Waals surface area contributed by atoms with Crippen molar-refractivity contribution in [3.05, 3.63) is 95.6 Å². The summed E-state index contributed by atoms with van der Waals surface area (Å²) in [4.78, 5) is 12.9. The highest BCUT2D eigenvalue weighted by atomic mass is 16.5. The fourth-order valence-corrected chi connectivity index (χ4v) is 2.84. The van der Waals surface area contributed by atoms with Crippen molar-refractivity contribution in [3.8, 4) is 11.5 Å². The van der Waals surface area contributed by atoms with Gasteiger partial charge in [0, 0.05) is 0 Å². The van der Waals surface area contributed by atoms with Crippen molar-refractivity contribution >= 4 is 5.91 Å². The normalized spacial score (nSPS) is 11.0. The first-order valence-electron chi connectivity index (χ1n) is 9.88. The molecule has 0 unspecified atom stereocenters. The lowest BCUT2D eigenvalue weighted by Gasteiger charge is -2.24. The van der Waals surface area contributed by atoms with E-state index in [0.717, 1.165) is 11.1 Å². The molecule has 0 aromatic heterocycles. The molecule has 0 fully saturated rings. The number of hydrogen-bond donors (Lipinski definition) is 2. The number of benzene rings is 3. The Hall–Kier alpha value is -3.31. The topological polar surface area (TPSA) is 67.8 Å². The summed E-state index contributed by atoms with van der Waals surface area (Å²) >= 11 is 0. The maximum absolute atomic E-state index is 12.9. The van der Waals surface area contributed by atoms with Gasteiger partial charge in [-0.2, -0.15) is 0 Å². The van der Waals surface area contributed by atoms with E-state index < -0.39 is 5.54 Å². The average molecular weight is 405 g/mol. The van der Waals surface area contributed by atoms with E-state index in [1.807, 2.05) is 60.7 Å². The lowest BCUT2D eigenvalue weighted by molar-refractivity contribution is 0.0863. The maximum Gasteiger partial charge on any atom is 0.255 e. The van der Waals surface area contributed by atoms with Crippen LogP contribution in [0.1, 0.15) is 35.3 Å². The van der Waals surface area contributed by atoms with Crippen LogP contribution in [-0.2, 0) is 13.2 Å². The van der Waals surface area contributed by atoms with E-state index in [1.54, 1.807) is 32.0 Å². The zero-order chi connectivity index (χ0) is 21.4. The van der Waals surface area contributed by atoms with E-state index in [2.05, 4.69) is 5.32 Å². The molecule has 0 aliphatic heterocycles. The number of nitrogens with one attached hydrogen (secondary N) is 1. The summed E-state index contributed by atoms with van der Waals surface area (Å²) in [7, 11) is 0. The molecular weight excluding hydrogens is 378 g/mol. The molecule has 0 radical (unpaired) electrons. The van der Waals surface area contributed by atoms with Crippen molar-refractivity contribution in [1.29, 1.82) is 0 Å². The first kappa shape index (κ1) is 21.4. The predicted octanol–water partition coefficient (Wildman–Crippen LogP) is 4.35. The summed E-state index contributed by atoms with van der Waals surface area (Å²) < 4.78 is 12.1. The number of rotatable bonds is 9. The fraction of sp³-hybridized carbons (Fsp3) is 0.240. The summed E-state index contributed by atoms with van der Waals surface area (Å²) in [5, 5.41) is 12.3. The van der Waals surface area contributed by atoms with Crippen LogP contribution in [0.15, 0.2) is 78.9 Å². The molecule has 0 spiro atoms. The Morgan fingerprint density at radius 2 is 1.40 bits per heavy atom. The summed E-state index contributed by atoms with van der Waals surface area (Å²) in [6.07, 6.45) is 0. The Morgan fingerprint density at radius 1 is 0.833 bits per heavy atom. The van der Waals surface area contributed by atoms with Crippen molar-refractivity contribution in [2.75, 3.05) is 6.61 Å². The largest absolute Gasteiger partial charge is 0.485 e. The molecule has 5 nitrogen and oxygen atoms in total. The molecule has 0 aliphatic carbocycles. The third-order valence-corrected chi connectivity index (χ3v) is 4.53. The second kappa shape index (κ2) is 9.94. The highest BCUT2D eigenvalue weighted by molar-refractivity contribution is 5.98. The van der Waals surface area contributed by atoms with E-state index in [1.165, 1.54) is 0 Å². The Bertz CT molecular complexity index is 955. The van der Waals surface area contributed by atoms with E-state index in [9.17, 15) is 9.90 Å². The van der Waals surface area contributed by atoms with Gasteiger partial charge in [0.25, 0.3) is 5.91 Å². The predicted molar refractivity (Wildman–Crippen MR) is 117 cm³/mol. The van der Waals surface area contributed by atoms with Gasteiger partial charge in [0.2, 0.25) is 0 Å². The lowest BCUT2D eigenvalue weighted by Crippen LogP contribution is -2.46. The van der Waals surface area contributed by atoms with Gasteiger partial charge >= 0.3 is 0 Å². The molecule has 0 aliphatic rings. The number of carbonyl (C=O) groups excluding carboxylic acids is 1. The van der Waals surface area contributed by atoms with Crippen LogP contribution in [0.3, 0.4) is 0 Å². The molecule has 5 heteroatoms. The molecule has 0 bridgehead atoms. The van der Waals surface area contributed by atoms with Crippen LogP contribution in [0.4, 0.5) is 0 Å². The van der Waals surface area contributed by atoms with Gasteiger partial charge < -0.3 is 19.9 Å². The van der Waals surface area contributed by atoms with Crippen molar-refractivity contribution < 1.29 is 19.4 Å². The van der Waals surface area contributed by atoms with Crippen LogP contribution in [0.5, 0.6) is 11.5 Å². The first-order valence-corrected chi connectivity index (χ1v) is 9.88. The van der Waals surface area contributed by atoms with Crippen LogP contribution in [0.25, 0.3) is 0 Å². The summed E-state index contributed by atoms with van der Waals surface area (Å²) in [5.74, 6) is 0.537. The number of aliphatic hydroxyl groups is 1. The van der Waals surface area contributed by atoms with Crippen LogP contribution < -0.4 is 14.8 Å². The molecule has 3 aromatic rings. The Balaban J connectivity index is 1.87. The quantitative estimate of drug-likeness (QED) is 0.556. The van der Waals surface area contributed by atoms with E-state index in [0.29, 0.717) is 30.3 Å². The first-order chi connectivity index (χ1) is 14.5. The second-order valence-electron chi connectivity index (χ2n) is 7.68. The summed E-state index contributed by atoms with van der Waals surface area (Å²) in [6.45, 7) is 3.99. The lowest BCUT2D eigenvalue weighted by atomic mass is 10.1. The van der Waals surface area contributed by atoms with E-state index in [4.69, 9.17) is 9.47 Å². The molecule has 0 saturated heterocycles. The molecule has 1 amide bonds. The van der Waals surface area contributed by atoms with Gasteiger partial charge in [0.05, 0.1) is 17.7 Å². The number of ether oxygens (including phenoxy) is 2. The zero-order valence-corrected chi connectivity index (χ0v) is 17.3. The van der Waals surface area contributed by atoms with Crippen LogP contribution in [-0.4, -0.2) is 23.2 Å². The number of amides is 1. The summed E-state index contributed by atoms with van der Waals surface area (Å²) in [6, 6.07) is 24.8. The molecular formula is C25H27NO4. The monoisotopic (exact) mass is 405 g/mol. The third kappa shape index (κ3) is 5.84. The van der Waals surface area contributed by atoms with Crippen LogP contribution in [0, 0.1) is 0 Å². The highest BCUT2D eigenvalue weighted by Gasteiger charge is 2.24. The third-order valence-electron chi connectivity index (χ3n) is 4.53. The van der Waals surface area contributed by atoms with Gasteiger partial charge in [0.15, 0.2) is 11.5 Å². The molecule has 0 atom stereocenters. The number of aliphatic hydroxyl groups excluding tert-OH is 1. The molecule has 0 saturated carbocycles. The summed E-state index contributed by atoms with van der Waals surface area (Å²) in [5.41, 5.74) is 1.60. The molecule has 30 heavy (non-hydrogen) atoms. The molecule has 0 heterocycles. The van der Waals surface area contributed by atoms with Gasteiger partial charge in [-0.15, -0.1) is 0 Å². The molecule has 156 valence electrons. The SMILES string of the molecule is CC(C)(CO)NC(=O)c1cccc(OCc2ccccc2)c1OCc1ccccc1. The standard InChI is InChI=1S/C25H27NO4/c1-25(2,18-27)26-24(28)21-14-9-15-22(29-16-19-10-5-3-6-11-19)23(21)30-17-20-12-7-4-8-13-20/h3-15,27H,16-18H2,1-2H3,(H,26,28). The van der Waals surface area contributed by atoms with Crippen molar-refractivity contribution in [2.24, 2.45) is 0 Å². The van der Waals surface area contributed by atoms with Gasteiger partial charge in [0.1, 0.15) is 13.2 Å². The van der Waals surface area contributed by atoms with E-state index >= 15 is 0 Å². The number of carbonyl (C=O) groups is 1. The maximum atomic E-state index is 12.9. The second-order valence-corrected chi connectivity index (χ2v) is 7.68.